The van der Waals surface area contributed by atoms with Gasteiger partial charge in [0.25, 0.3) is 5.91 Å². The Balaban J connectivity index is 1.63. The molecule has 0 spiro atoms. The molecule has 0 N–H and O–H groups in total. The van der Waals surface area contributed by atoms with Crippen molar-refractivity contribution in [1.82, 2.24) is 9.80 Å². The van der Waals surface area contributed by atoms with Crippen LogP contribution in [0, 0.1) is 0 Å². The summed E-state index contributed by atoms with van der Waals surface area (Å²) in [5.41, 5.74) is 2.01. The molecule has 3 rings (SSSR count). The molecule has 2 aromatic rings. The first-order valence-electron chi connectivity index (χ1n) is 8.38. The van der Waals surface area contributed by atoms with Gasteiger partial charge in [0.1, 0.15) is 5.75 Å². The first-order valence-corrected chi connectivity index (χ1v) is 8.38. The standard InChI is InChI=1S/C20H24N2O2/c1-16-14-22(20(23)18-9-6-10-19(13-18)24-2)12-11-21(16)15-17-7-4-3-5-8-17/h3-10,13,16H,11-12,14-15H2,1-2H3. The second-order valence-electron chi connectivity index (χ2n) is 6.29. The number of benzene rings is 2. The van der Waals surface area contributed by atoms with Crippen LogP contribution in [0.15, 0.2) is 54.6 Å². The molecule has 2 aromatic carbocycles. The van der Waals surface area contributed by atoms with Gasteiger partial charge in [-0.2, -0.15) is 0 Å². The normalized spacial score (nSPS) is 18.4. The van der Waals surface area contributed by atoms with E-state index < -0.39 is 0 Å². The van der Waals surface area contributed by atoms with Gasteiger partial charge in [0.15, 0.2) is 0 Å². The fraction of sp³-hybridized carbons (Fsp3) is 0.350. The molecule has 1 fully saturated rings. The molecule has 1 atom stereocenters. The lowest BCUT2D eigenvalue weighted by molar-refractivity contribution is 0.0495. The molecule has 1 saturated heterocycles. The predicted molar refractivity (Wildman–Crippen MR) is 95.2 cm³/mol. The van der Waals surface area contributed by atoms with Crippen LogP contribution in [-0.2, 0) is 6.54 Å². The smallest absolute Gasteiger partial charge is 0.254 e. The molecule has 1 unspecified atom stereocenters. The minimum atomic E-state index is 0.0834. The Kier molecular flexibility index (Phi) is 5.16. The van der Waals surface area contributed by atoms with Crippen molar-refractivity contribution < 1.29 is 9.53 Å². The highest BCUT2D eigenvalue weighted by atomic mass is 16.5. The van der Waals surface area contributed by atoms with Gasteiger partial charge in [-0.1, -0.05) is 36.4 Å². The maximum atomic E-state index is 12.7. The molecule has 1 aliphatic rings. The fourth-order valence-corrected chi connectivity index (χ4v) is 3.17. The first kappa shape index (κ1) is 16.5. The minimum Gasteiger partial charge on any atom is -0.497 e. The minimum absolute atomic E-state index is 0.0834. The van der Waals surface area contributed by atoms with Crippen LogP contribution in [0.4, 0.5) is 0 Å². The second kappa shape index (κ2) is 7.49. The summed E-state index contributed by atoms with van der Waals surface area (Å²) >= 11 is 0. The topological polar surface area (TPSA) is 32.8 Å². The molecule has 126 valence electrons. The highest BCUT2D eigenvalue weighted by molar-refractivity contribution is 5.94. The zero-order valence-corrected chi connectivity index (χ0v) is 14.3. The van der Waals surface area contributed by atoms with E-state index in [4.69, 9.17) is 4.74 Å². The molecule has 1 heterocycles. The Bertz CT molecular complexity index is 687. The number of rotatable bonds is 4. The molecule has 1 amide bonds. The van der Waals surface area contributed by atoms with Crippen LogP contribution in [0.1, 0.15) is 22.8 Å². The van der Waals surface area contributed by atoms with Crippen LogP contribution in [0.5, 0.6) is 5.75 Å². The first-order chi connectivity index (χ1) is 11.7. The largest absolute Gasteiger partial charge is 0.497 e. The van der Waals surface area contributed by atoms with E-state index in [1.165, 1.54) is 5.56 Å². The zero-order valence-electron chi connectivity index (χ0n) is 14.3. The van der Waals surface area contributed by atoms with Crippen LogP contribution < -0.4 is 4.74 Å². The summed E-state index contributed by atoms with van der Waals surface area (Å²) < 4.78 is 5.22. The van der Waals surface area contributed by atoms with E-state index in [-0.39, 0.29) is 5.91 Å². The number of carbonyl (C=O) groups is 1. The predicted octanol–water partition coefficient (Wildman–Crippen LogP) is 3.04. The third-order valence-electron chi connectivity index (χ3n) is 4.60. The summed E-state index contributed by atoms with van der Waals surface area (Å²) in [5, 5.41) is 0. The van der Waals surface area contributed by atoms with Gasteiger partial charge in [-0.25, -0.2) is 0 Å². The number of piperazine rings is 1. The van der Waals surface area contributed by atoms with Gasteiger partial charge < -0.3 is 9.64 Å². The van der Waals surface area contributed by atoms with Crippen LogP contribution >= 0.6 is 0 Å². The number of hydrogen-bond donors (Lipinski definition) is 0. The summed E-state index contributed by atoms with van der Waals surface area (Å²) in [6, 6.07) is 18.2. The van der Waals surface area contributed by atoms with Crippen LogP contribution in [-0.4, -0.2) is 48.5 Å². The molecular weight excluding hydrogens is 300 g/mol. The average Bonchev–Trinajstić information content (AvgIpc) is 2.63. The SMILES string of the molecule is COc1cccc(C(=O)N2CCN(Cc3ccccc3)C(C)C2)c1. The van der Waals surface area contributed by atoms with E-state index in [1.54, 1.807) is 7.11 Å². The van der Waals surface area contributed by atoms with Gasteiger partial charge >= 0.3 is 0 Å². The molecule has 1 aliphatic heterocycles. The quantitative estimate of drug-likeness (QED) is 0.866. The van der Waals surface area contributed by atoms with Crippen LogP contribution in [0.2, 0.25) is 0 Å². The molecule has 0 aromatic heterocycles. The summed E-state index contributed by atoms with van der Waals surface area (Å²) in [5.74, 6) is 0.803. The molecule has 4 nitrogen and oxygen atoms in total. The number of carbonyl (C=O) groups excluding carboxylic acids is 1. The third-order valence-corrected chi connectivity index (χ3v) is 4.60. The van der Waals surface area contributed by atoms with E-state index in [9.17, 15) is 4.79 Å². The van der Waals surface area contributed by atoms with Gasteiger partial charge in [-0.05, 0) is 30.7 Å². The molecule has 0 bridgehead atoms. The fourth-order valence-electron chi connectivity index (χ4n) is 3.17. The molecule has 24 heavy (non-hydrogen) atoms. The van der Waals surface area contributed by atoms with Gasteiger partial charge in [0.2, 0.25) is 0 Å². The molecular formula is C20H24N2O2. The van der Waals surface area contributed by atoms with Crippen molar-refractivity contribution in [3.05, 3.63) is 65.7 Å². The monoisotopic (exact) mass is 324 g/mol. The van der Waals surface area contributed by atoms with Crippen molar-refractivity contribution in [2.75, 3.05) is 26.7 Å². The summed E-state index contributed by atoms with van der Waals surface area (Å²) in [7, 11) is 1.62. The van der Waals surface area contributed by atoms with Crippen LogP contribution in [0.3, 0.4) is 0 Å². The second-order valence-corrected chi connectivity index (χ2v) is 6.29. The highest BCUT2D eigenvalue weighted by Gasteiger charge is 2.27. The van der Waals surface area contributed by atoms with E-state index >= 15 is 0 Å². The van der Waals surface area contributed by atoms with Gasteiger partial charge in [0, 0.05) is 37.8 Å². The van der Waals surface area contributed by atoms with Crippen molar-refractivity contribution in [3.63, 3.8) is 0 Å². The lowest BCUT2D eigenvalue weighted by Gasteiger charge is -2.40. The van der Waals surface area contributed by atoms with Crippen molar-refractivity contribution in [2.24, 2.45) is 0 Å². The number of ether oxygens (including phenoxy) is 1. The highest BCUT2D eigenvalue weighted by Crippen LogP contribution is 2.18. The molecule has 4 heteroatoms. The Labute approximate surface area is 143 Å². The van der Waals surface area contributed by atoms with E-state index in [0.29, 0.717) is 11.6 Å². The summed E-state index contributed by atoms with van der Waals surface area (Å²) in [6.07, 6.45) is 0. The number of amides is 1. The zero-order chi connectivity index (χ0) is 16.9. The van der Waals surface area contributed by atoms with Gasteiger partial charge in [-0.3, -0.25) is 9.69 Å². The Morgan fingerprint density at radius 3 is 2.62 bits per heavy atom. The van der Waals surface area contributed by atoms with Gasteiger partial charge in [0.05, 0.1) is 7.11 Å². The molecule has 0 saturated carbocycles. The molecule has 0 aliphatic carbocycles. The number of methoxy groups -OCH3 is 1. The Morgan fingerprint density at radius 1 is 1.12 bits per heavy atom. The maximum Gasteiger partial charge on any atom is 0.254 e. The Hall–Kier alpha value is -2.33. The summed E-state index contributed by atoms with van der Waals surface area (Å²) in [4.78, 5) is 17.1. The molecule has 0 radical (unpaired) electrons. The van der Waals surface area contributed by atoms with E-state index in [1.807, 2.05) is 35.2 Å². The van der Waals surface area contributed by atoms with Crippen LogP contribution in [0.25, 0.3) is 0 Å². The van der Waals surface area contributed by atoms with Crippen molar-refractivity contribution in [3.8, 4) is 5.75 Å². The van der Waals surface area contributed by atoms with Crippen molar-refractivity contribution in [2.45, 2.75) is 19.5 Å². The number of nitrogens with zero attached hydrogens (tertiary/aromatic N) is 2. The lowest BCUT2D eigenvalue weighted by Crippen LogP contribution is -2.53. The summed E-state index contributed by atoms with van der Waals surface area (Å²) in [6.45, 7) is 5.53. The Morgan fingerprint density at radius 2 is 1.92 bits per heavy atom. The number of hydrogen-bond acceptors (Lipinski definition) is 3. The average molecular weight is 324 g/mol. The lowest BCUT2D eigenvalue weighted by atomic mass is 10.1. The van der Waals surface area contributed by atoms with E-state index in [2.05, 4.69) is 36.1 Å². The van der Waals surface area contributed by atoms with E-state index in [0.717, 1.165) is 31.9 Å². The van der Waals surface area contributed by atoms with Gasteiger partial charge in [-0.15, -0.1) is 0 Å². The van der Waals surface area contributed by atoms with Crippen molar-refractivity contribution >= 4 is 5.91 Å². The van der Waals surface area contributed by atoms with Crippen molar-refractivity contribution in [1.29, 1.82) is 0 Å². The third kappa shape index (κ3) is 3.77. The maximum absolute atomic E-state index is 12.7.